The SMILES string of the molecule is O=C(NCC(c1ccccc1)c1ccccc1)[C@@H]1CNC[C@@H](NS(=O)(=O)c2cc(Cl)cc(Cl)c2)C1. The van der Waals surface area contributed by atoms with Gasteiger partial charge in [-0.25, -0.2) is 13.1 Å². The lowest BCUT2D eigenvalue weighted by Gasteiger charge is -2.30. The van der Waals surface area contributed by atoms with Crippen molar-refractivity contribution >= 4 is 39.1 Å². The van der Waals surface area contributed by atoms with Crippen LogP contribution in [0, 0.1) is 5.92 Å². The van der Waals surface area contributed by atoms with E-state index in [-0.39, 0.29) is 32.7 Å². The molecule has 1 amide bonds. The van der Waals surface area contributed by atoms with Gasteiger partial charge in [0.2, 0.25) is 15.9 Å². The average molecular weight is 532 g/mol. The quantitative estimate of drug-likeness (QED) is 0.406. The van der Waals surface area contributed by atoms with Crippen molar-refractivity contribution in [1.29, 1.82) is 0 Å². The highest BCUT2D eigenvalue weighted by molar-refractivity contribution is 7.89. The maximum atomic E-state index is 13.1. The van der Waals surface area contributed by atoms with Crippen LogP contribution in [0.1, 0.15) is 23.5 Å². The van der Waals surface area contributed by atoms with E-state index in [0.717, 1.165) is 11.1 Å². The van der Waals surface area contributed by atoms with Crippen LogP contribution in [-0.2, 0) is 14.8 Å². The Morgan fingerprint density at radius 1 is 0.914 bits per heavy atom. The first-order valence-corrected chi connectivity index (χ1v) is 13.6. The third-order valence-electron chi connectivity index (χ3n) is 6.07. The molecule has 3 N–H and O–H groups in total. The normalized spacial score (nSPS) is 18.4. The van der Waals surface area contributed by atoms with Crippen LogP contribution in [0.3, 0.4) is 0 Å². The average Bonchev–Trinajstić information content (AvgIpc) is 2.85. The summed E-state index contributed by atoms with van der Waals surface area (Å²) >= 11 is 11.9. The number of hydrogen-bond donors (Lipinski definition) is 3. The van der Waals surface area contributed by atoms with E-state index in [0.29, 0.717) is 26.1 Å². The lowest BCUT2D eigenvalue weighted by atomic mass is 9.90. The molecule has 1 fully saturated rings. The molecule has 3 aromatic rings. The molecule has 0 unspecified atom stereocenters. The molecule has 4 rings (SSSR count). The van der Waals surface area contributed by atoms with Crippen LogP contribution in [0.5, 0.6) is 0 Å². The Morgan fingerprint density at radius 2 is 1.49 bits per heavy atom. The lowest BCUT2D eigenvalue weighted by Crippen LogP contribution is -2.52. The Labute approximate surface area is 216 Å². The van der Waals surface area contributed by atoms with E-state index < -0.39 is 16.1 Å². The minimum atomic E-state index is -3.84. The summed E-state index contributed by atoms with van der Waals surface area (Å²) in [7, 11) is -3.84. The zero-order chi connectivity index (χ0) is 24.8. The summed E-state index contributed by atoms with van der Waals surface area (Å²) in [5.74, 6) is -0.463. The van der Waals surface area contributed by atoms with Gasteiger partial charge in [0, 0.05) is 41.6 Å². The molecule has 0 radical (unpaired) electrons. The van der Waals surface area contributed by atoms with Crippen molar-refractivity contribution in [2.24, 2.45) is 5.92 Å². The maximum Gasteiger partial charge on any atom is 0.240 e. The molecule has 1 aliphatic heterocycles. The molecule has 2 atom stereocenters. The molecular weight excluding hydrogens is 505 g/mol. The number of halogens is 2. The van der Waals surface area contributed by atoms with Crippen LogP contribution >= 0.6 is 23.2 Å². The fourth-order valence-electron chi connectivity index (χ4n) is 4.35. The Kier molecular flexibility index (Phi) is 8.46. The first-order valence-electron chi connectivity index (χ1n) is 11.4. The van der Waals surface area contributed by atoms with Gasteiger partial charge in [0.15, 0.2) is 0 Å². The van der Waals surface area contributed by atoms with Gasteiger partial charge in [-0.1, -0.05) is 83.9 Å². The third-order valence-corrected chi connectivity index (χ3v) is 8.01. The van der Waals surface area contributed by atoms with E-state index in [1.165, 1.54) is 18.2 Å². The minimum Gasteiger partial charge on any atom is -0.355 e. The predicted molar refractivity (Wildman–Crippen MR) is 139 cm³/mol. The topological polar surface area (TPSA) is 87.3 Å². The molecule has 0 aromatic heterocycles. The number of piperidine rings is 1. The van der Waals surface area contributed by atoms with E-state index in [9.17, 15) is 13.2 Å². The first-order chi connectivity index (χ1) is 16.8. The summed E-state index contributed by atoms with van der Waals surface area (Å²) in [6.45, 7) is 1.35. The van der Waals surface area contributed by atoms with Crippen LogP contribution in [-0.4, -0.2) is 40.0 Å². The Bertz CT molecular complexity index is 1200. The zero-order valence-electron chi connectivity index (χ0n) is 19.0. The van der Waals surface area contributed by atoms with Gasteiger partial charge in [-0.2, -0.15) is 0 Å². The molecule has 0 spiro atoms. The summed E-state index contributed by atoms with van der Waals surface area (Å²) in [5, 5.41) is 6.74. The standard InChI is InChI=1S/C26H27Cl2N3O3S/c27-21-12-22(28)14-24(13-21)35(33,34)31-23-11-20(15-29-16-23)26(32)30-17-25(18-7-3-1-4-8-18)19-9-5-2-6-10-19/h1-10,12-14,20,23,25,29,31H,11,15-17H2,(H,30,32)/t20-,23-/m0/s1. The second-order valence-corrected chi connectivity index (χ2v) is 11.2. The Balaban J connectivity index is 1.40. The predicted octanol–water partition coefficient (Wildman–Crippen LogP) is 4.20. The summed E-state index contributed by atoms with van der Waals surface area (Å²) in [5.41, 5.74) is 2.23. The molecule has 0 saturated carbocycles. The molecule has 35 heavy (non-hydrogen) atoms. The van der Waals surface area contributed by atoms with Gasteiger partial charge in [0.1, 0.15) is 0 Å². The monoisotopic (exact) mass is 531 g/mol. The molecule has 184 valence electrons. The maximum absolute atomic E-state index is 13.1. The van der Waals surface area contributed by atoms with Crippen molar-refractivity contribution in [3.05, 3.63) is 100 Å². The number of carbonyl (C=O) groups is 1. The Hall–Kier alpha value is -2.42. The van der Waals surface area contributed by atoms with Crippen LogP contribution < -0.4 is 15.4 Å². The van der Waals surface area contributed by atoms with Gasteiger partial charge in [0.25, 0.3) is 0 Å². The number of rotatable bonds is 8. The smallest absolute Gasteiger partial charge is 0.240 e. The highest BCUT2D eigenvalue weighted by Gasteiger charge is 2.30. The molecular formula is C26H27Cl2N3O3S. The van der Waals surface area contributed by atoms with Crippen LogP contribution in [0.4, 0.5) is 0 Å². The van der Waals surface area contributed by atoms with Crippen LogP contribution in [0.2, 0.25) is 10.0 Å². The highest BCUT2D eigenvalue weighted by atomic mass is 35.5. The number of sulfonamides is 1. The second kappa shape index (κ2) is 11.5. The number of benzene rings is 3. The number of nitrogens with one attached hydrogen (secondary N) is 3. The van der Waals surface area contributed by atoms with Crippen molar-refractivity contribution in [2.75, 3.05) is 19.6 Å². The summed E-state index contributed by atoms with van der Waals surface area (Å²) in [6, 6.07) is 23.8. The van der Waals surface area contributed by atoms with Crippen molar-refractivity contribution in [1.82, 2.24) is 15.4 Å². The lowest BCUT2D eigenvalue weighted by molar-refractivity contribution is -0.125. The van der Waals surface area contributed by atoms with Crippen molar-refractivity contribution in [2.45, 2.75) is 23.3 Å². The van der Waals surface area contributed by atoms with Crippen molar-refractivity contribution in [3.63, 3.8) is 0 Å². The fourth-order valence-corrected chi connectivity index (χ4v) is 6.32. The van der Waals surface area contributed by atoms with Crippen LogP contribution in [0.15, 0.2) is 83.8 Å². The third kappa shape index (κ3) is 6.84. The zero-order valence-corrected chi connectivity index (χ0v) is 21.3. The van der Waals surface area contributed by atoms with E-state index in [4.69, 9.17) is 23.2 Å². The molecule has 0 bridgehead atoms. The molecule has 1 heterocycles. The summed E-state index contributed by atoms with van der Waals surface area (Å²) in [4.78, 5) is 13.1. The largest absolute Gasteiger partial charge is 0.355 e. The summed E-state index contributed by atoms with van der Waals surface area (Å²) in [6.07, 6.45) is 0.383. The Morgan fingerprint density at radius 3 is 2.06 bits per heavy atom. The second-order valence-electron chi connectivity index (χ2n) is 8.63. The first kappa shape index (κ1) is 25.7. The van der Waals surface area contributed by atoms with Crippen molar-refractivity contribution in [3.8, 4) is 0 Å². The number of carbonyl (C=O) groups excluding carboxylic acids is 1. The fraction of sp³-hybridized carbons (Fsp3) is 0.269. The number of amides is 1. The number of hydrogen-bond acceptors (Lipinski definition) is 4. The molecule has 6 nitrogen and oxygen atoms in total. The van der Waals surface area contributed by atoms with E-state index in [2.05, 4.69) is 39.6 Å². The molecule has 0 aliphatic carbocycles. The van der Waals surface area contributed by atoms with Gasteiger partial charge < -0.3 is 10.6 Å². The molecule has 1 saturated heterocycles. The molecule has 3 aromatic carbocycles. The summed E-state index contributed by atoms with van der Waals surface area (Å²) < 4.78 is 28.4. The van der Waals surface area contributed by atoms with Gasteiger partial charge in [-0.05, 0) is 35.7 Å². The van der Waals surface area contributed by atoms with Crippen molar-refractivity contribution < 1.29 is 13.2 Å². The van der Waals surface area contributed by atoms with Gasteiger partial charge in [0.05, 0.1) is 10.8 Å². The highest BCUT2D eigenvalue weighted by Crippen LogP contribution is 2.25. The van der Waals surface area contributed by atoms with Gasteiger partial charge >= 0.3 is 0 Å². The minimum absolute atomic E-state index is 0.00450. The molecule has 9 heteroatoms. The molecule has 1 aliphatic rings. The van der Waals surface area contributed by atoms with E-state index in [1.807, 2.05) is 36.4 Å². The van der Waals surface area contributed by atoms with E-state index >= 15 is 0 Å². The van der Waals surface area contributed by atoms with E-state index in [1.54, 1.807) is 0 Å². The van der Waals surface area contributed by atoms with Gasteiger partial charge in [-0.15, -0.1) is 0 Å². The van der Waals surface area contributed by atoms with Gasteiger partial charge in [-0.3, -0.25) is 4.79 Å². The van der Waals surface area contributed by atoms with Crippen LogP contribution in [0.25, 0.3) is 0 Å².